The summed E-state index contributed by atoms with van der Waals surface area (Å²) in [5.74, 6) is 0.236. The van der Waals surface area contributed by atoms with Gasteiger partial charge < -0.3 is 14.8 Å². The van der Waals surface area contributed by atoms with Gasteiger partial charge in [0.1, 0.15) is 11.5 Å². The number of halogens is 3. The molecule has 7 heteroatoms. The largest absolute Gasteiger partial charge is 0.433 e. The highest BCUT2D eigenvalue weighted by Crippen LogP contribution is 2.28. The van der Waals surface area contributed by atoms with Crippen LogP contribution in [0, 0.1) is 0 Å². The molecule has 0 radical (unpaired) electrons. The van der Waals surface area contributed by atoms with Crippen LogP contribution in [-0.2, 0) is 15.7 Å². The van der Waals surface area contributed by atoms with Crippen molar-refractivity contribution in [3.05, 3.63) is 23.9 Å². The van der Waals surface area contributed by atoms with Crippen molar-refractivity contribution in [1.29, 1.82) is 0 Å². The van der Waals surface area contributed by atoms with Gasteiger partial charge in [0.15, 0.2) is 0 Å². The normalized spacial score (nSPS) is 11.6. The monoisotopic (exact) mass is 292 g/mol. The maximum atomic E-state index is 12.4. The van der Waals surface area contributed by atoms with E-state index in [9.17, 15) is 13.2 Å². The molecule has 0 spiro atoms. The number of aromatic nitrogens is 1. The van der Waals surface area contributed by atoms with Crippen LogP contribution in [0.5, 0.6) is 0 Å². The van der Waals surface area contributed by atoms with E-state index < -0.39 is 11.9 Å². The molecule has 0 saturated carbocycles. The van der Waals surface area contributed by atoms with Gasteiger partial charge in [-0.15, -0.1) is 0 Å². The standard InChI is InChI=1S/C13H19F3N2O2/c1-19-9-10-20-8-3-2-7-17-12-6-4-5-11(18-12)13(14,15)16/h4-6H,2-3,7-10H2,1H3,(H,17,18). The second-order valence-corrected chi connectivity index (χ2v) is 4.14. The summed E-state index contributed by atoms with van der Waals surface area (Å²) in [6.45, 7) is 2.29. The van der Waals surface area contributed by atoms with Crippen LogP contribution in [0.15, 0.2) is 18.2 Å². The predicted molar refractivity (Wildman–Crippen MR) is 69.7 cm³/mol. The Morgan fingerprint density at radius 1 is 1.15 bits per heavy atom. The van der Waals surface area contributed by atoms with Crippen LogP contribution >= 0.6 is 0 Å². The zero-order valence-corrected chi connectivity index (χ0v) is 11.4. The van der Waals surface area contributed by atoms with Crippen molar-refractivity contribution < 1.29 is 22.6 Å². The molecular formula is C13H19F3N2O2. The molecule has 0 unspecified atom stereocenters. The summed E-state index contributed by atoms with van der Waals surface area (Å²) in [6, 6.07) is 3.81. The van der Waals surface area contributed by atoms with E-state index >= 15 is 0 Å². The summed E-state index contributed by atoms with van der Waals surface area (Å²) in [5, 5.41) is 2.87. The smallest absolute Gasteiger partial charge is 0.382 e. The molecule has 0 saturated heterocycles. The average molecular weight is 292 g/mol. The fourth-order valence-corrected chi connectivity index (χ4v) is 1.48. The van der Waals surface area contributed by atoms with Gasteiger partial charge >= 0.3 is 6.18 Å². The second-order valence-electron chi connectivity index (χ2n) is 4.14. The number of unbranched alkanes of at least 4 members (excludes halogenated alkanes) is 1. The Bertz CT molecular complexity index is 386. The lowest BCUT2D eigenvalue weighted by atomic mass is 10.3. The first-order chi connectivity index (χ1) is 9.54. The number of alkyl halides is 3. The Morgan fingerprint density at radius 3 is 2.65 bits per heavy atom. The highest BCUT2D eigenvalue weighted by atomic mass is 19.4. The van der Waals surface area contributed by atoms with Crippen LogP contribution in [0.4, 0.5) is 19.0 Å². The third-order valence-electron chi connectivity index (χ3n) is 2.49. The van der Waals surface area contributed by atoms with Gasteiger partial charge in [-0.1, -0.05) is 6.07 Å². The van der Waals surface area contributed by atoms with Crippen LogP contribution in [0.25, 0.3) is 0 Å². The van der Waals surface area contributed by atoms with Crippen LogP contribution < -0.4 is 5.32 Å². The first-order valence-corrected chi connectivity index (χ1v) is 6.39. The first-order valence-electron chi connectivity index (χ1n) is 6.39. The van der Waals surface area contributed by atoms with Crippen molar-refractivity contribution in [2.45, 2.75) is 19.0 Å². The van der Waals surface area contributed by atoms with E-state index in [0.717, 1.165) is 18.9 Å². The SMILES string of the molecule is COCCOCCCCNc1cccc(C(F)(F)F)n1. The molecule has 0 fully saturated rings. The van der Waals surface area contributed by atoms with Crippen LogP contribution in [-0.4, -0.2) is 38.5 Å². The molecule has 1 aromatic heterocycles. The van der Waals surface area contributed by atoms with E-state index in [-0.39, 0.29) is 5.82 Å². The summed E-state index contributed by atoms with van der Waals surface area (Å²) >= 11 is 0. The van der Waals surface area contributed by atoms with Gasteiger partial charge in [0.25, 0.3) is 0 Å². The third kappa shape index (κ3) is 6.72. The molecular weight excluding hydrogens is 273 g/mol. The minimum Gasteiger partial charge on any atom is -0.382 e. The van der Waals surface area contributed by atoms with Gasteiger partial charge in [0.05, 0.1) is 13.2 Å². The third-order valence-corrected chi connectivity index (χ3v) is 2.49. The molecule has 0 bridgehead atoms. The number of anilines is 1. The van der Waals surface area contributed by atoms with Gasteiger partial charge in [-0.2, -0.15) is 13.2 Å². The van der Waals surface area contributed by atoms with E-state index in [1.165, 1.54) is 12.1 Å². The van der Waals surface area contributed by atoms with E-state index in [2.05, 4.69) is 10.3 Å². The lowest BCUT2D eigenvalue weighted by molar-refractivity contribution is -0.141. The molecule has 0 atom stereocenters. The number of methoxy groups -OCH3 is 1. The zero-order valence-electron chi connectivity index (χ0n) is 11.4. The first kappa shape index (κ1) is 16.7. The lowest BCUT2D eigenvalue weighted by Crippen LogP contribution is -2.11. The van der Waals surface area contributed by atoms with Gasteiger partial charge in [-0.05, 0) is 25.0 Å². The second kappa shape index (κ2) is 8.76. The fraction of sp³-hybridized carbons (Fsp3) is 0.615. The Hall–Kier alpha value is -1.34. The van der Waals surface area contributed by atoms with Gasteiger partial charge in [-0.3, -0.25) is 0 Å². The molecule has 114 valence electrons. The quantitative estimate of drug-likeness (QED) is 0.711. The molecule has 0 aliphatic carbocycles. The van der Waals surface area contributed by atoms with Gasteiger partial charge in [0.2, 0.25) is 0 Å². The summed E-state index contributed by atoms with van der Waals surface area (Å²) < 4.78 is 47.4. The molecule has 0 aliphatic rings. The van der Waals surface area contributed by atoms with E-state index in [0.29, 0.717) is 26.4 Å². The maximum Gasteiger partial charge on any atom is 0.433 e. The van der Waals surface area contributed by atoms with Crippen molar-refractivity contribution in [3.63, 3.8) is 0 Å². The molecule has 1 N–H and O–H groups in total. The van der Waals surface area contributed by atoms with Crippen molar-refractivity contribution in [2.75, 3.05) is 38.8 Å². The summed E-state index contributed by atoms with van der Waals surface area (Å²) in [5.41, 5.74) is -0.884. The number of nitrogens with one attached hydrogen (secondary N) is 1. The van der Waals surface area contributed by atoms with Crippen LogP contribution in [0.3, 0.4) is 0 Å². The minimum absolute atomic E-state index is 0.236. The molecule has 1 heterocycles. The van der Waals surface area contributed by atoms with Crippen molar-refractivity contribution in [2.24, 2.45) is 0 Å². The van der Waals surface area contributed by atoms with Crippen LogP contribution in [0.1, 0.15) is 18.5 Å². The van der Waals surface area contributed by atoms with Crippen LogP contribution in [0.2, 0.25) is 0 Å². The molecule has 20 heavy (non-hydrogen) atoms. The highest BCUT2D eigenvalue weighted by Gasteiger charge is 2.32. The zero-order chi connectivity index (χ0) is 14.8. The van der Waals surface area contributed by atoms with Crippen molar-refractivity contribution >= 4 is 5.82 Å². The number of rotatable bonds is 9. The summed E-state index contributed by atoms with van der Waals surface area (Å²) in [4.78, 5) is 3.52. The number of hydrogen-bond acceptors (Lipinski definition) is 4. The van der Waals surface area contributed by atoms with E-state index in [1.54, 1.807) is 7.11 Å². The lowest BCUT2D eigenvalue weighted by Gasteiger charge is -2.09. The Kier molecular flexibility index (Phi) is 7.32. The van der Waals surface area contributed by atoms with Gasteiger partial charge in [0, 0.05) is 20.3 Å². The Balaban J connectivity index is 2.19. The number of ether oxygens (including phenoxy) is 2. The van der Waals surface area contributed by atoms with Gasteiger partial charge in [-0.25, -0.2) is 4.98 Å². The minimum atomic E-state index is -4.41. The molecule has 4 nitrogen and oxygen atoms in total. The average Bonchev–Trinajstić information content (AvgIpc) is 2.41. The number of nitrogens with zero attached hydrogens (tertiary/aromatic N) is 1. The Morgan fingerprint density at radius 2 is 1.95 bits per heavy atom. The van der Waals surface area contributed by atoms with E-state index in [4.69, 9.17) is 9.47 Å². The topological polar surface area (TPSA) is 43.4 Å². The molecule has 0 aliphatic heterocycles. The van der Waals surface area contributed by atoms with Crippen molar-refractivity contribution in [3.8, 4) is 0 Å². The Labute approximate surface area is 116 Å². The van der Waals surface area contributed by atoms with Crippen molar-refractivity contribution in [1.82, 2.24) is 4.98 Å². The highest BCUT2D eigenvalue weighted by molar-refractivity contribution is 5.35. The summed E-state index contributed by atoms with van der Waals surface area (Å²) in [7, 11) is 1.61. The van der Waals surface area contributed by atoms with E-state index in [1.807, 2.05) is 0 Å². The molecule has 0 aromatic carbocycles. The fourth-order valence-electron chi connectivity index (χ4n) is 1.48. The predicted octanol–water partition coefficient (Wildman–Crippen LogP) is 2.96. The molecule has 0 amide bonds. The molecule has 1 aromatic rings. The number of hydrogen-bond donors (Lipinski definition) is 1. The summed E-state index contributed by atoms with van der Waals surface area (Å²) in [6.07, 6.45) is -2.78. The molecule has 1 rings (SSSR count). The number of pyridine rings is 1. The maximum absolute atomic E-state index is 12.4.